The van der Waals surface area contributed by atoms with Gasteiger partial charge < -0.3 is 15.2 Å². The molecule has 0 aliphatic heterocycles. The highest BCUT2D eigenvalue weighted by Crippen LogP contribution is 2.45. The Hall–Kier alpha value is -1.10. The van der Waals surface area contributed by atoms with E-state index in [1.165, 1.54) is 0 Å². The number of hydrogen-bond donors (Lipinski definition) is 2. The topological polar surface area (TPSA) is 75.6 Å². The van der Waals surface area contributed by atoms with Crippen molar-refractivity contribution in [1.82, 2.24) is 5.32 Å². The van der Waals surface area contributed by atoms with Gasteiger partial charge in [0.25, 0.3) is 0 Å². The van der Waals surface area contributed by atoms with Gasteiger partial charge in [0, 0.05) is 6.54 Å². The fourth-order valence-corrected chi connectivity index (χ4v) is 1.22. The average molecular weight is 229 g/mol. The molecule has 16 heavy (non-hydrogen) atoms. The number of ether oxygens (including phenoxy) is 1. The van der Waals surface area contributed by atoms with Gasteiger partial charge in [-0.2, -0.15) is 0 Å². The molecule has 0 atom stereocenters. The van der Waals surface area contributed by atoms with Crippen molar-refractivity contribution < 1.29 is 19.4 Å². The summed E-state index contributed by atoms with van der Waals surface area (Å²) in [6.07, 6.45) is 1.28. The number of amides is 1. The van der Waals surface area contributed by atoms with Crippen LogP contribution in [0.2, 0.25) is 0 Å². The van der Waals surface area contributed by atoms with Crippen LogP contribution in [-0.2, 0) is 14.3 Å². The molecule has 5 heteroatoms. The van der Waals surface area contributed by atoms with Crippen LogP contribution >= 0.6 is 0 Å². The van der Waals surface area contributed by atoms with E-state index in [-0.39, 0.29) is 24.7 Å². The van der Waals surface area contributed by atoms with E-state index in [0.29, 0.717) is 12.8 Å². The third-order valence-corrected chi connectivity index (χ3v) is 2.57. The predicted octanol–water partition coefficient (Wildman–Crippen LogP) is 0.782. The number of carboxylic acids is 1. The van der Waals surface area contributed by atoms with E-state index in [0.717, 1.165) is 0 Å². The Kier molecular flexibility index (Phi) is 3.57. The predicted molar refractivity (Wildman–Crippen MR) is 58.0 cm³/mol. The van der Waals surface area contributed by atoms with Crippen molar-refractivity contribution in [2.45, 2.75) is 39.2 Å². The van der Waals surface area contributed by atoms with E-state index in [1.807, 2.05) is 20.8 Å². The van der Waals surface area contributed by atoms with Gasteiger partial charge in [0.2, 0.25) is 5.91 Å². The van der Waals surface area contributed by atoms with Crippen molar-refractivity contribution >= 4 is 11.9 Å². The molecule has 0 unspecified atom stereocenters. The Balaban J connectivity index is 2.24. The van der Waals surface area contributed by atoms with E-state index < -0.39 is 11.4 Å². The molecule has 1 saturated carbocycles. The number of hydrogen-bond acceptors (Lipinski definition) is 3. The maximum absolute atomic E-state index is 11.4. The maximum Gasteiger partial charge on any atom is 0.311 e. The Bertz CT molecular complexity index is 289. The van der Waals surface area contributed by atoms with Crippen LogP contribution in [0.25, 0.3) is 0 Å². The molecule has 1 aliphatic rings. The lowest BCUT2D eigenvalue weighted by Gasteiger charge is -2.19. The number of carbonyl (C=O) groups excluding carboxylic acids is 1. The molecule has 92 valence electrons. The van der Waals surface area contributed by atoms with Crippen molar-refractivity contribution in [3.63, 3.8) is 0 Å². The van der Waals surface area contributed by atoms with Crippen LogP contribution in [-0.4, -0.2) is 35.7 Å². The number of nitrogens with one attached hydrogen (secondary N) is 1. The summed E-state index contributed by atoms with van der Waals surface area (Å²) in [7, 11) is 0. The van der Waals surface area contributed by atoms with E-state index in [1.54, 1.807) is 0 Å². The lowest BCUT2D eigenvalue weighted by atomic mass is 10.1. The molecule has 5 nitrogen and oxygen atoms in total. The summed E-state index contributed by atoms with van der Waals surface area (Å²) in [5, 5.41) is 11.5. The first kappa shape index (κ1) is 13.0. The number of carboxylic acid groups (broad SMARTS) is 1. The van der Waals surface area contributed by atoms with Crippen LogP contribution in [0.1, 0.15) is 33.6 Å². The molecular formula is C11H19NO4. The fourth-order valence-electron chi connectivity index (χ4n) is 1.22. The number of rotatable bonds is 5. The summed E-state index contributed by atoms with van der Waals surface area (Å²) in [6.45, 7) is 5.76. The van der Waals surface area contributed by atoms with Crippen molar-refractivity contribution in [3.8, 4) is 0 Å². The highest BCUT2D eigenvalue weighted by Gasteiger charge is 2.50. The minimum atomic E-state index is -0.829. The first-order valence-corrected chi connectivity index (χ1v) is 5.39. The maximum atomic E-state index is 11.4. The summed E-state index contributed by atoms with van der Waals surface area (Å²) in [5.74, 6) is -1.09. The molecule has 1 amide bonds. The molecule has 0 aromatic rings. The second-order valence-electron chi connectivity index (χ2n) is 5.26. The standard InChI is InChI=1S/C11H19NO4/c1-10(2,3)16-6-8(13)12-7-11(4-5-11)9(14)15/h4-7H2,1-3H3,(H,12,13)(H,14,15). The number of aliphatic carboxylic acids is 1. The highest BCUT2D eigenvalue weighted by molar-refractivity contribution is 5.81. The van der Waals surface area contributed by atoms with Gasteiger partial charge in [0.15, 0.2) is 0 Å². The largest absolute Gasteiger partial charge is 0.481 e. The molecule has 1 aliphatic carbocycles. The minimum Gasteiger partial charge on any atom is -0.481 e. The smallest absolute Gasteiger partial charge is 0.311 e. The van der Waals surface area contributed by atoms with Gasteiger partial charge >= 0.3 is 5.97 Å². The highest BCUT2D eigenvalue weighted by atomic mass is 16.5. The normalized spacial score (nSPS) is 17.9. The molecule has 0 bridgehead atoms. The second kappa shape index (κ2) is 4.41. The lowest BCUT2D eigenvalue weighted by Crippen LogP contribution is -2.37. The molecule has 0 aromatic carbocycles. The molecule has 0 spiro atoms. The van der Waals surface area contributed by atoms with Gasteiger partial charge in [-0.3, -0.25) is 9.59 Å². The zero-order valence-electron chi connectivity index (χ0n) is 10.0. The zero-order valence-corrected chi connectivity index (χ0v) is 10.0. The minimum absolute atomic E-state index is 0.0286. The summed E-state index contributed by atoms with van der Waals surface area (Å²) >= 11 is 0. The lowest BCUT2D eigenvalue weighted by molar-refractivity contribution is -0.143. The Labute approximate surface area is 95.2 Å². The van der Waals surface area contributed by atoms with Crippen LogP contribution in [0.15, 0.2) is 0 Å². The van der Waals surface area contributed by atoms with Crippen LogP contribution in [0, 0.1) is 5.41 Å². The van der Waals surface area contributed by atoms with Gasteiger partial charge in [0.1, 0.15) is 6.61 Å². The fraction of sp³-hybridized carbons (Fsp3) is 0.818. The number of carbonyl (C=O) groups is 2. The van der Waals surface area contributed by atoms with Crippen molar-refractivity contribution in [2.24, 2.45) is 5.41 Å². The van der Waals surface area contributed by atoms with Crippen LogP contribution in [0.4, 0.5) is 0 Å². The SMILES string of the molecule is CC(C)(C)OCC(=O)NCC1(C(=O)O)CC1. The first-order chi connectivity index (χ1) is 7.25. The quantitative estimate of drug-likeness (QED) is 0.730. The molecule has 0 aromatic heterocycles. The third kappa shape index (κ3) is 3.81. The summed E-state index contributed by atoms with van der Waals surface area (Å²) in [5.41, 5.74) is -1.07. The molecule has 1 rings (SSSR count). The zero-order chi connectivity index (χ0) is 12.4. The van der Waals surface area contributed by atoms with Crippen LogP contribution < -0.4 is 5.32 Å². The van der Waals surface area contributed by atoms with Crippen molar-refractivity contribution in [2.75, 3.05) is 13.2 Å². The van der Waals surface area contributed by atoms with Gasteiger partial charge in [-0.15, -0.1) is 0 Å². The molecular weight excluding hydrogens is 210 g/mol. The van der Waals surface area contributed by atoms with Gasteiger partial charge in [0.05, 0.1) is 11.0 Å². The van der Waals surface area contributed by atoms with Gasteiger partial charge in [-0.25, -0.2) is 0 Å². The molecule has 0 saturated heterocycles. The monoisotopic (exact) mass is 229 g/mol. The van der Waals surface area contributed by atoms with E-state index in [9.17, 15) is 9.59 Å². The molecule has 0 heterocycles. The summed E-state index contributed by atoms with van der Waals surface area (Å²) in [4.78, 5) is 22.2. The van der Waals surface area contributed by atoms with Crippen molar-refractivity contribution in [1.29, 1.82) is 0 Å². The Morgan fingerprint density at radius 2 is 1.94 bits per heavy atom. The first-order valence-electron chi connectivity index (χ1n) is 5.39. The molecule has 1 fully saturated rings. The van der Waals surface area contributed by atoms with Crippen LogP contribution in [0.3, 0.4) is 0 Å². The Morgan fingerprint density at radius 1 is 1.38 bits per heavy atom. The van der Waals surface area contributed by atoms with E-state index in [4.69, 9.17) is 9.84 Å². The van der Waals surface area contributed by atoms with E-state index in [2.05, 4.69) is 5.32 Å². The van der Waals surface area contributed by atoms with Crippen molar-refractivity contribution in [3.05, 3.63) is 0 Å². The third-order valence-electron chi connectivity index (χ3n) is 2.57. The second-order valence-corrected chi connectivity index (χ2v) is 5.26. The summed E-state index contributed by atoms with van der Waals surface area (Å²) in [6, 6.07) is 0. The molecule has 2 N–H and O–H groups in total. The van der Waals surface area contributed by atoms with Crippen LogP contribution in [0.5, 0.6) is 0 Å². The molecule has 0 radical (unpaired) electrons. The summed E-state index contributed by atoms with van der Waals surface area (Å²) < 4.78 is 5.28. The average Bonchev–Trinajstić information content (AvgIpc) is 2.91. The van der Waals surface area contributed by atoms with Gasteiger partial charge in [-0.05, 0) is 33.6 Å². The Morgan fingerprint density at radius 3 is 2.31 bits per heavy atom. The van der Waals surface area contributed by atoms with Gasteiger partial charge in [-0.1, -0.05) is 0 Å². The van der Waals surface area contributed by atoms with E-state index >= 15 is 0 Å².